The van der Waals surface area contributed by atoms with Gasteiger partial charge in [0.05, 0.1) is 11.9 Å². The zero-order valence-electron chi connectivity index (χ0n) is 13.2. The maximum Gasteiger partial charge on any atom is 0.259 e. The summed E-state index contributed by atoms with van der Waals surface area (Å²) in [6.07, 6.45) is 8.39. The van der Waals surface area contributed by atoms with E-state index < -0.39 is 0 Å². The lowest BCUT2D eigenvalue weighted by Gasteiger charge is -2.34. The monoisotopic (exact) mass is 317 g/mol. The number of likely N-dealkylation sites (tertiary alicyclic amines) is 1. The molecule has 4 nitrogen and oxygen atoms in total. The number of aryl methyl sites for hydroxylation is 2. The maximum atomic E-state index is 12.5. The summed E-state index contributed by atoms with van der Waals surface area (Å²) < 4.78 is 0. The molecule has 1 saturated heterocycles. The number of hydrogen-bond donors (Lipinski definition) is 1. The standard InChI is InChI=1S/C17H23N3OS/c1-2-11-6-3-4-9-20(11)10-14-18-16(21)15-12-7-5-8-13(12)22-17(15)19-14/h11H,2-10H2,1H3,(H,18,19,21)/t11-/m1/s1. The van der Waals surface area contributed by atoms with Crippen molar-refractivity contribution < 1.29 is 0 Å². The number of piperidine rings is 1. The lowest BCUT2D eigenvalue weighted by atomic mass is 10.0. The molecule has 5 heteroatoms. The Morgan fingerprint density at radius 2 is 2.23 bits per heavy atom. The second-order valence-electron chi connectivity index (χ2n) is 6.58. The van der Waals surface area contributed by atoms with Crippen molar-refractivity contribution in [1.82, 2.24) is 14.9 Å². The lowest BCUT2D eigenvalue weighted by Crippen LogP contribution is -2.39. The van der Waals surface area contributed by atoms with Crippen LogP contribution < -0.4 is 5.56 Å². The molecule has 1 atom stereocenters. The molecule has 0 saturated carbocycles. The number of nitrogens with one attached hydrogen (secondary N) is 1. The molecule has 0 bridgehead atoms. The lowest BCUT2D eigenvalue weighted by molar-refractivity contribution is 0.133. The Morgan fingerprint density at radius 1 is 1.32 bits per heavy atom. The fraction of sp³-hybridized carbons (Fsp3) is 0.647. The van der Waals surface area contributed by atoms with Crippen molar-refractivity contribution in [3.8, 4) is 0 Å². The van der Waals surface area contributed by atoms with Gasteiger partial charge in [-0.05, 0) is 50.6 Å². The zero-order chi connectivity index (χ0) is 15.1. The third-order valence-corrected chi connectivity index (χ3v) is 6.38. The average molecular weight is 317 g/mol. The minimum atomic E-state index is 0.0736. The second kappa shape index (κ2) is 5.78. The predicted molar refractivity (Wildman–Crippen MR) is 90.6 cm³/mol. The largest absolute Gasteiger partial charge is 0.309 e. The summed E-state index contributed by atoms with van der Waals surface area (Å²) >= 11 is 1.73. The average Bonchev–Trinajstić information content (AvgIpc) is 3.08. The summed E-state index contributed by atoms with van der Waals surface area (Å²) in [5.41, 5.74) is 1.34. The molecule has 2 aliphatic rings. The van der Waals surface area contributed by atoms with Gasteiger partial charge in [-0.25, -0.2) is 4.98 Å². The Bertz CT molecular complexity index is 748. The van der Waals surface area contributed by atoms with Crippen molar-refractivity contribution in [1.29, 1.82) is 0 Å². The first-order chi connectivity index (χ1) is 10.8. The van der Waals surface area contributed by atoms with E-state index in [1.807, 2.05) is 0 Å². The van der Waals surface area contributed by atoms with E-state index in [9.17, 15) is 4.79 Å². The number of aromatic nitrogens is 2. The van der Waals surface area contributed by atoms with Crippen LogP contribution >= 0.6 is 11.3 Å². The Morgan fingerprint density at radius 3 is 3.09 bits per heavy atom. The summed E-state index contributed by atoms with van der Waals surface area (Å²) in [6.45, 7) is 4.17. The minimum Gasteiger partial charge on any atom is -0.309 e. The van der Waals surface area contributed by atoms with Crippen LogP contribution in [-0.2, 0) is 19.4 Å². The van der Waals surface area contributed by atoms with E-state index in [0.29, 0.717) is 6.04 Å². The van der Waals surface area contributed by atoms with Gasteiger partial charge in [-0.2, -0.15) is 0 Å². The SMILES string of the molecule is CC[C@@H]1CCCCN1Cc1nc2sc3c(c2c(=O)[nH]1)CCC3. The summed E-state index contributed by atoms with van der Waals surface area (Å²) in [7, 11) is 0. The van der Waals surface area contributed by atoms with Crippen molar-refractivity contribution >= 4 is 21.6 Å². The van der Waals surface area contributed by atoms with Gasteiger partial charge in [0, 0.05) is 10.9 Å². The molecule has 4 rings (SSSR count). The topological polar surface area (TPSA) is 49.0 Å². The second-order valence-corrected chi connectivity index (χ2v) is 7.66. The number of H-pyrrole nitrogens is 1. The van der Waals surface area contributed by atoms with Crippen LogP contribution in [0.5, 0.6) is 0 Å². The Labute approximate surface area is 134 Å². The highest BCUT2D eigenvalue weighted by Gasteiger charge is 2.24. The molecule has 0 radical (unpaired) electrons. The molecule has 1 N–H and O–H groups in total. The van der Waals surface area contributed by atoms with Crippen LogP contribution in [0.25, 0.3) is 10.2 Å². The van der Waals surface area contributed by atoms with Gasteiger partial charge in [0.15, 0.2) is 0 Å². The third-order valence-electron chi connectivity index (χ3n) is 5.20. The van der Waals surface area contributed by atoms with Crippen molar-refractivity contribution in [3.05, 3.63) is 26.6 Å². The molecule has 0 spiro atoms. The van der Waals surface area contributed by atoms with Crippen LogP contribution in [0.3, 0.4) is 0 Å². The third kappa shape index (κ3) is 2.40. The van der Waals surface area contributed by atoms with E-state index in [1.165, 1.54) is 42.5 Å². The molecule has 3 heterocycles. The van der Waals surface area contributed by atoms with E-state index in [1.54, 1.807) is 11.3 Å². The number of rotatable bonds is 3. The van der Waals surface area contributed by atoms with Crippen molar-refractivity contribution in [2.75, 3.05) is 6.54 Å². The minimum absolute atomic E-state index is 0.0736. The zero-order valence-corrected chi connectivity index (χ0v) is 14.0. The quantitative estimate of drug-likeness (QED) is 0.945. The van der Waals surface area contributed by atoms with E-state index in [4.69, 9.17) is 4.98 Å². The first-order valence-electron chi connectivity index (χ1n) is 8.53. The number of fused-ring (bicyclic) bond motifs is 3. The smallest absolute Gasteiger partial charge is 0.259 e. The highest BCUT2D eigenvalue weighted by molar-refractivity contribution is 7.18. The fourth-order valence-electron chi connectivity index (χ4n) is 4.04. The van der Waals surface area contributed by atoms with Crippen LogP contribution in [0.15, 0.2) is 4.79 Å². The molecule has 2 aromatic rings. The summed E-state index contributed by atoms with van der Waals surface area (Å²) in [5, 5.41) is 0.868. The molecule has 1 aliphatic carbocycles. The fourth-order valence-corrected chi connectivity index (χ4v) is 5.33. The number of hydrogen-bond acceptors (Lipinski definition) is 4. The van der Waals surface area contributed by atoms with Crippen molar-refractivity contribution in [2.24, 2.45) is 0 Å². The van der Waals surface area contributed by atoms with Crippen LogP contribution in [-0.4, -0.2) is 27.5 Å². The molecule has 0 unspecified atom stereocenters. The van der Waals surface area contributed by atoms with Gasteiger partial charge in [-0.3, -0.25) is 9.69 Å². The summed E-state index contributed by atoms with van der Waals surface area (Å²) in [4.78, 5) is 25.2. The molecule has 118 valence electrons. The van der Waals surface area contributed by atoms with Gasteiger partial charge in [0.2, 0.25) is 0 Å². The van der Waals surface area contributed by atoms with Crippen LogP contribution in [0.2, 0.25) is 0 Å². The van der Waals surface area contributed by atoms with Gasteiger partial charge in [0.25, 0.3) is 5.56 Å². The molecule has 1 fully saturated rings. The van der Waals surface area contributed by atoms with E-state index in [-0.39, 0.29) is 5.56 Å². The maximum absolute atomic E-state index is 12.5. The van der Waals surface area contributed by atoms with Gasteiger partial charge < -0.3 is 4.98 Å². The van der Waals surface area contributed by atoms with Crippen molar-refractivity contribution in [3.63, 3.8) is 0 Å². The molecular weight excluding hydrogens is 294 g/mol. The van der Waals surface area contributed by atoms with Crippen LogP contribution in [0, 0.1) is 0 Å². The Kier molecular flexibility index (Phi) is 3.78. The summed E-state index contributed by atoms with van der Waals surface area (Å²) in [6, 6.07) is 0.642. The highest BCUT2D eigenvalue weighted by atomic mass is 32.1. The molecule has 0 amide bonds. The number of thiophene rings is 1. The van der Waals surface area contributed by atoms with Gasteiger partial charge in [-0.15, -0.1) is 11.3 Å². The highest BCUT2D eigenvalue weighted by Crippen LogP contribution is 2.34. The molecule has 1 aliphatic heterocycles. The molecule has 22 heavy (non-hydrogen) atoms. The first kappa shape index (κ1) is 14.4. The first-order valence-corrected chi connectivity index (χ1v) is 9.35. The van der Waals surface area contributed by atoms with E-state index >= 15 is 0 Å². The van der Waals surface area contributed by atoms with Crippen LogP contribution in [0.4, 0.5) is 0 Å². The molecular formula is C17H23N3OS. The molecule has 0 aromatic carbocycles. The Hall–Kier alpha value is -1.20. The van der Waals surface area contributed by atoms with Gasteiger partial charge in [0.1, 0.15) is 10.7 Å². The summed E-state index contributed by atoms with van der Waals surface area (Å²) in [5.74, 6) is 0.845. The van der Waals surface area contributed by atoms with E-state index in [0.717, 1.165) is 42.0 Å². The normalized spacial score (nSPS) is 22.3. The van der Waals surface area contributed by atoms with Gasteiger partial charge in [-0.1, -0.05) is 13.3 Å². The number of nitrogens with zero attached hydrogens (tertiary/aromatic N) is 2. The van der Waals surface area contributed by atoms with Crippen LogP contribution in [0.1, 0.15) is 55.3 Å². The van der Waals surface area contributed by atoms with Crippen molar-refractivity contribution in [2.45, 2.75) is 64.5 Å². The Balaban J connectivity index is 1.66. The predicted octanol–water partition coefficient (Wildman–Crippen LogP) is 3.24. The molecule has 2 aromatic heterocycles. The van der Waals surface area contributed by atoms with E-state index in [2.05, 4.69) is 16.8 Å². The number of aromatic amines is 1. The van der Waals surface area contributed by atoms with Gasteiger partial charge >= 0.3 is 0 Å².